The van der Waals surface area contributed by atoms with Gasteiger partial charge in [-0.2, -0.15) is 0 Å². The second kappa shape index (κ2) is 5.61. The smallest absolute Gasteiger partial charge is 0.213 e. The number of aromatic nitrogens is 1. The maximum absolute atomic E-state index is 5.04. The van der Waals surface area contributed by atoms with Crippen molar-refractivity contribution in [2.45, 2.75) is 32.7 Å². The van der Waals surface area contributed by atoms with Crippen LogP contribution in [0.1, 0.15) is 30.5 Å². The van der Waals surface area contributed by atoms with Crippen LogP contribution in [0.3, 0.4) is 0 Å². The predicted octanol–water partition coefficient (Wildman–Crippen LogP) is 4.06. The number of nitrogens with one attached hydrogen (secondary N) is 1. The summed E-state index contributed by atoms with van der Waals surface area (Å²) in [6.07, 6.45) is 1.79. The van der Waals surface area contributed by atoms with E-state index in [4.69, 9.17) is 4.74 Å². The lowest BCUT2D eigenvalue weighted by molar-refractivity contribution is 0.398. The van der Waals surface area contributed by atoms with Gasteiger partial charge in [0.05, 0.1) is 19.0 Å². The third-order valence-electron chi connectivity index (χ3n) is 2.81. The lowest BCUT2D eigenvalue weighted by Crippen LogP contribution is -2.07. The average Bonchev–Trinajstić information content (AvgIpc) is 2.86. The minimum Gasteiger partial charge on any atom is -0.481 e. The van der Waals surface area contributed by atoms with E-state index in [9.17, 15) is 0 Å². The standard InChI is InChI=1S/C15H20N2OS/c1-15(2,3)13-7-6-12(19-13)10-16-11-5-8-14(18-4)17-9-11/h5-9,16H,10H2,1-4H3. The fourth-order valence-electron chi connectivity index (χ4n) is 1.67. The number of methoxy groups -OCH3 is 1. The Morgan fingerprint density at radius 1 is 1.21 bits per heavy atom. The molecule has 0 aliphatic carbocycles. The zero-order chi connectivity index (χ0) is 13.9. The van der Waals surface area contributed by atoms with Crippen LogP contribution in [-0.4, -0.2) is 12.1 Å². The zero-order valence-corrected chi connectivity index (χ0v) is 12.7. The van der Waals surface area contributed by atoms with Crippen molar-refractivity contribution in [3.63, 3.8) is 0 Å². The molecule has 4 heteroatoms. The first-order chi connectivity index (χ1) is 8.99. The molecule has 0 aliphatic rings. The summed E-state index contributed by atoms with van der Waals surface area (Å²) in [5.41, 5.74) is 1.23. The molecule has 0 fully saturated rings. The van der Waals surface area contributed by atoms with Crippen LogP contribution in [-0.2, 0) is 12.0 Å². The molecule has 0 aromatic carbocycles. The fraction of sp³-hybridized carbons (Fsp3) is 0.400. The molecule has 2 rings (SSSR count). The third-order valence-corrected chi connectivity index (χ3v) is 4.32. The molecular formula is C15H20N2OS. The molecule has 3 nitrogen and oxygen atoms in total. The normalized spacial score (nSPS) is 11.4. The van der Waals surface area contributed by atoms with Crippen molar-refractivity contribution in [1.82, 2.24) is 4.98 Å². The summed E-state index contributed by atoms with van der Waals surface area (Å²) in [4.78, 5) is 6.92. The summed E-state index contributed by atoms with van der Waals surface area (Å²) in [5.74, 6) is 0.636. The Balaban J connectivity index is 1.96. The second-order valence-corrected chi connectivity index (χ2v) is 6.63. The Labute approximate surface area is 118 Å². The van der Waals surface area contributed by atoms with Crippen LogP contribution in [0.2, 0.25) is 0 Å². The van der Waals surface area contributed by atoms with Gasteiger partial charge in [0.25, 0.3) is 0 Å². The molecule has 2 heterocycles. The number of hydrogen-bond acceptors (Lipinski definition) is 4. The number of rotatable bonds is 4. The summed E-state index contributed by atoms with van der Waals surface area (Å²) in [6, 6.07) is 8.24. The number of nitrogens with zero attached hydrogens (tertiary/aromatic N) is 1. The Bertz CT molecular complexity index is 526. The van der Waals surface area contributed by atoms with Crippen LogP contribution < -0.4 is 10.1 Å². The predicted molar refractivity (Wildman–Crippen MR) is 81.1 cm³/mol. The highest BCUT2D eigenvalue weighted by molar-refractivity contribution is 7.12. The van der Waals surface area contributed by atoms with Gasteiger partial charge in [0.15, 0.2) is 0 Å². The van der Waals surface area contributed by atoms with Gasteiger partial charge in [0, 0.05) is 22.4 Å². The monoisotopic (exact) mass is 276 g/mol. The van der Waals surface area contributed by atoms with Crippen molar-refractivity contribution in [3.05, 3.63) is 40.2 Å². The van der Waals surface area contributed by atoms with Crippen molar-refractivity contribution < 1.29 is 4.74 Å². The van der Waals surface area contributed by atoms with Gasteiger partial charge >= 0.3 is 0 Å². The molecule has 0 amide bonds. The first-order valence-corrected chi connectivity index (χ1v) is 7.14. The molecule has 19 heavy (non-hydrogen) atoms. The summed E-state index contributed by atoms with van der Waals surface area (Å²) >= 11 is 1.86. The second-order valence-electron chi connectivity index (χ2n) is 5.46. The number of ether oxygens (including phenoxy) is 1. The van der Waals surface area contributed by atoms with Crippen molar-refractivity contribution in [2.24, 2.45) is 0 Å². The molecule has 0 atom stereocenters. The number of hydrogen-bond donors (Lipinski definition) is 1. The summed E-state index contributed by atoms with van der Waals surface area (Å²) in [6.45, 7) is 7.55. The Morgan fingerprint density at radius 3 is 2.53 bits per heavy atom. The minimum absolute atomic E-state index is 0.227. The van der Waals surface area contributed by atoms with E-state index in [-0.39, 0.29) is 5.41 Å². The highest BCUT2D eigenvalue weighted by Crippen LogP contribution is 2.29. The first-order valence-electron chi connectivity index (χ1n) is 6.32. The van der Waals surface area contributed by atoms with Crippen LogP contribution in [0.4, 0.5) is 5.69 Å². The fourth-order valence-corrected chi connectivity index (χ4v) is 2.68. The molecule has 2 aromatic rings. The van der Waals surface area contributed by atoms with E-state index in [0.29, 0.717) is 5.88 Å². The molecule has 1 N–H and O–H groups in total. The average molecular weight is 276 g/mol. The molecule has 0 radical (unpaired) electrons. The van der Waals surface area contributed by atoms with Crippen molar-refractivity contribution >= 4 is 17.0 Å². The van der Waals surface area contributed by atoms with Gasteiger partial charge < -0.3 is 10.1 Å². The largest absolute Gasteiger partial charge is 0.481 e. The van der Waals surface area contributed by atoms with E-state index < -0.39 is 0 Å². The van der Waals surface area contributed by atoms with Crippen molar-refractivity contribution in [1.29, 1.82) is 0 Å². The van der Waals surface area contributed by atoms with Gasteiger partial charge in [-0.3, -0.25) is 0 Å². The summed E-state index contributed by atoms with van der Waals surface area (Å²) in [5, 5.41) is 3.37. The maximum Gasteiger partial charge on any atom is 0.213 e. The highest BCUT2D eigenvalue weighted by Gasteiger charge is 2.15. The Morgan fingerprint density at radius 2 is 2.00 bits per heavy atom. The Hall–Kier alpha value is -1.55. The van der Waals surface area contributed by atoms with Crippen LogP contribution >= 0.6 is 11.3 Å². The van der Waals surface area contributed by atoms with E-state index in [0.717, 1.165) is 12.2 Å². The van der Waals surface area contributed by atoms with Crippen LogP contribution in [0.5, 0.6) is 5.88 Å². The number of pyridine rings is 1. The van der Waals surface area contributed by atoms with Gasteiger partial charge in [0.2, 0.25) is 5.88 Å². The van der Waals surface area contributed by atoms with E-state index in [1.165, 1.54) is 9.75 Å². The molecule has 0 saturated carbocycles. The molecule has 0 bridgehead atoms. The molecule has 0 unspecified atom stereocenters. The van der Waals surface area contributed by atoms with Crippen molar-refractivity contribution in [3.8, 4) is 5.88 Å². The van der Waals surface area contributed by atoms with Crippen LogP contribution in [0, 0.1) is 0 Å². The lowest BCUT2D eigenvalue weighted by atomic mass is 9.95. The third kappa shape index (κ3) is 3.70. The quantitative estimate of drug-likeness (QED) is 0.914. The van der Waals surface area contributed by atoms with Crippen LogP contribution in [0.15, 0.2) is 30.5 Å². The van der Waals surface area contributed by atoms with Gasteiger partial charge in [-0.05, 0) is 23.6 Å². The van der Waals surface area contributed by atoms with E-state index >= 15 is 0 Å². The molecular weight excluding hydrogens is 256 g/mol. The zero-order valence-electron chi connectivity index (χ0n) is 11.9. The van der Waals surface area contributed by atoms with E-state index in [1.54, 1.807) is 13.3 Å². The topological polar surface area (TPSA) is 34.1 Å². The molecule has 0 spiro atoms. The molecule has 0 saturated heterocycles. The SMILES string of the molecule is COc1ccc(NCc2ccc(C(C)(C)C)s2)cn1. The maximum atomic E-state index is 5.04. The Kier molecular flexibility index (Phi) is 4.10. The molecule has 2 aromatic heterocycles. The summed E-state index contributed by atoms with van der Waals surface area (Å²) in [7, 11) is 1.62. The van der Waals surface area contributed by atoms with E-state index in [2.05, 4.69) is 43.2 Å². The van der Waals surface area contributed by atoms with Gasteiger partial charge in [-0.15, -0.1) is 11.3 Å². The summed E-state index contributed by atoms with van der Waals surface area (Å²) < 4.78 is 5.04. The van der Waals surface area contributed by atoms with Gasteiger partial charge in [-0.1, -0.05) is 20.8 Å². The van der Waals surface area contributed by atoms with E-state index in [1.807, 2.05) is 23.5 Å². The minimum atomic E-state index is 0.227. The van der Waals surface area contributed by atoms with Gasteiger partial charge in [0.1, 0.15) is 0 Å². The molecule has 0 aliphatic heterocycles. The number of thiophene rings is 1. The molecule has 102 valence electrons. The first kappa shape index (κ1) is 13.9. The number of anilines is 1. The lowest BCUT2D eigenvalue weighted by Gasteiger charge is -2.15. The van der Waals surface area contributed by atoms with Gasteiger partial charge in [-0.25, -0.2) is 4.98 Å². The highest BCUT2D eigenvalue weighted by atomic mass is 32.1. The van der Waals surface area contributed by atoms with Crippen molar-refractivity contribution in [2.75, 3.05) is 12.4 Å². The van der Waals surface area contributed by atoms with Crippen LogP contribution in [0.25, 0.3) is 0 Å².